The Morgan fingerprint density at radius 1 is 1.25 bits per heavy atom. The van der Waals surface area contributed by atoms with Gasteiger partial charge in [-0.25, -0.2) is 0 Å². The molecule has 0 spiro atoms. The fraction of sp³-hybridized carbons (Fsp3) is 0.429. The topological polar surface area (TPSA) is 29.5 Å². The SMILES string of the molecule is CC#CC#CC#CC=CC1CCCOC1O. The molecule has 0 saturated carbocycles. The van der Waals surface area contributed by atoms with Crippen LogP contribution in [0.3, 0.4) is 0 Å². The minimum Gasteiger partial charge on any atom is -0.367 e. The standard InChI is InChI=1S/C14H14O2/c1-2-3-4-5-6-7-8-10-13-11-9-12-16-14(13)15/h8,10,13-15H,9,11-12H2,1H3. The lowest BCUT2D eigenvalue weighted by atomic mass is 10.0. The molecule has 0 aromatic rings. The van der Waals surface area contributed by atoms with Gasteiger partial charge in [0.2, 0.25) is 0 Å². The number of aliphatic hydroxyl groups is 1. The van der Waals surface area contributed by atoms with Crippen molar-refractivity contribution in [3.8, 4) is 35.5 Å². The number of allylic oxidation sites excluding steroid dienone is 1. The van der Waals surface area contributed by atoms with Gasteiger partial charge < -0.3 is 9.84 Å². The quantitative estimate of drug-likeness (QED) is 0.667. The third kappa shape index (κ3) is 4.72. The van der Waals surface area contributed by atoms with Gasteiger partial charge in [-0.3, -0.25) is 0 Å². The molecule has 2 heteroatoms. The number of hydrogen-bond acceptors (Lipinski definition) is 2. The molecule has 0 aliphatic carbocycles. The molecule has 1 heterocycles. The van der Waals surface area contributed by atoms with E-state index < -0.39 is 6.29 Å². The van der Waals surface area contributed by atoms with Crippen molar-refractivity contribution in [2.45, 2.75) is 26.1 Å². The van der Waals surface area contributed by atoms with Gasteiger partial charge >= 0.3 is 0 Å². The molecule has 0 aromatic carbocycles. The second-order valence-electron chi connectivity index (χ2n) is 3.32. The van der Waals surface area contributed by atoms with Crippen molar-refractivity contribution in [3.05, 3.63) is 12.2 Å². The van der Waals surface area contributed by atoms with Gasteiger partial charge in [0, 0.05) is 12.5 Å². The van der Waals surface area contributed by atoms with Crippen LogP contribution in [0.2, 0.25) is 0 Å². The Kier molecular flexibility index (Phi) is 5.90. The van der Waals surface area contributed by atoms with Gasteiger partial charge in [0.15, 0.2) is 6.29 Å². The molecule has 1 fully saturated rings. The molecule has 2 atom stereocenters. The summed E-state index contributed by atoms with van der Waals surface area (Å²) in [5.74, 6) is 15.9. The number of hydrogen-bond donors (Lipinski definition) is 1. The molecule has 0 aromatic heterocycles. The zero-order valence-corrected chi connectivity index (χ0v) is 9.29. The summed E-state index contributed by atoms with van der Waals surface area (Å²) in [5.41, 5.74) is 0. The van der Waals surface area contributed by atoms with Crippen LogP contribution in [0, 0.1) is 41.4 Å². The van der Waals surface area contributed by atoms with Gasteiger partial charge in [-0.2, -0.15) is 0 Å². The second-order valence-corrected chi connectivity index (χ2v) is 3.32. The van der Waals surface area contributed by atoms with Gasteiger partial charge in [-0.15, -0.1) is 0 Å². The van der Waals surface area contributed by atoms with E-state index >= 15 is 0 Å². The molecule has 0 bridgehead atoms. The molecule has 2 nitrogen and oxygen atoms in total. The number of ether oxygens (including phenoxy) is 1. The fourth-order valence-corrected chi connectivity index (χ4v) is 1.36. The molecule has 2 unspecified atom stereocenters. The summed E-state index contributed by atoms with van der Waals surface area (Å²) in [7, 11) is 0. The van der Waals surface area contributed by atoms with Crippen LogP contribution in [0.1, 0.15) is 19.8 Å². The summed E-state index contributed by atoms with van der Waals surface area (Å²) in [6.07, 6.45) is 4.79. The van der Waals surface area contributed by atoms with E-state index in [-0.39, 0.29) is 5.92 Å². The number of aliphatic hydroxyl groups excluding tert-OH is 1. The molecule has 1 aliphatic rings. The third-order valence-electron chi connectivity index (χ3n) is 2.15. The van der Waals surface area contributed by atoms with Gasteiger partial charge in [0.25, 0.3) is 0 Å². The molecular formula is C14H14O2. The first-order valence-corrected chi connectivity index (χ1v) is 5.23. The lowest BCUT2D eigenvalue weighted by Crippen LogP contribution is -2.27. The van der Waals surface area contributed by atoms with Crippen molar-refractivity contribution >= 4 is 0 Å². The van der Waals surface area contributed by atoms with Crippen molar-refractivity contribution in [2.24, 2.45) is 5.92 Å². The van der Waals surface area contributed by atoms with E-state index in [1.807, 2.05) is 6.08 Å². The zero-order chi connectivity index (χ0) is 11.6. The van der Waals surface area contributed by atoms with Crippen LogP contribution in [0.25, 0.3) is 0 Å². The van der Waals surface area contributed by atoms with E-state index in [1.165, 1.54) is 0 Å². The summed E-state index contributed by atoms with van der Waals surface area (Å²) < 4.78 is 5.11. The van der Waals surface area contributed by atoms with Crippen molar-refractivity contribution < 1.29 is 9.84 Å². The highest BCUT2D eigenvalue weighted by atomic mass is 16.6. The van der Waals surface area contributed by atoms with E-state index in [1.54, 1.807) is 13.0 Å². The van der Waals surface area contributed by atoms with Crippen molar-refractivity contribution in [1.82, 2.24) is 0 Å². The maximum atomic E-state index is 9.47. The third-order valence-corrected chi connectivity index (χ3v) is 2.15. The van der Waals surface area contributed by atoms with Crippen LogP contribution < -0.4 is 0 Å². The van der Waals surface area contributed by atoms with Gasteiger partial charge in [-0.1, -0.05) is 17.9 Å². The van der Waals surface area contributed by atoms with Crippen LogP contribution in [0.15, 0.2) is 12.2 Å². The van der Waals surface area contributed by atoms with E-state index in [4.69, 9.17) is 4.74 Å². The molecule has 1 N–H and O–H groups in total. The van der Waals surface area contributed by atoms with Crippen molar-refractivity contribution in [1.29, 1.82) is 0 Å². The summed E-state index contributed by atoms with van der Waals surface area (Å²) in [6, 6.07) is 0. The molecule has 82 valence electrons. The van der Waals surface area contributed by atoms with Gasteiger partial charge in [0.05, 0.1) is 0 Å². The molecule has 1 rings (SSSR count). The molecule has 1 saturated heterocycles. The van der Waals surface area contributed by atoms with Crippen molar-refractivity contribution in [2.75, 3.05) is 6.61 Å². The molecule has 0 radical (unpaired) electrons. The maximum Gasteiger partial charge on any atom is 0.160 e. The minimum atomic E-state index is -0.691. The summed E-state index contributed by atoms with van der Waals surface area (Å²) in [5, 5.41) is 9.47. The van der Waals surface area contributed by atoms with E-state index in [9.17, 15) is 5.11 Å². The Balaban J connectivity index is 2.41. The number of rotatable bonds is 1. The largest absolute Gasteiger partial charge is 0.367 e. The van der Waals surface area contributed by atoms with Crippen LogP contribution in [0.5, 0.6) is 0 Å². The smallest absolute Gasteiger partial charge is 0.160 e. The Bertz CT molecular complexity index is 415. The van der Waals surface area contributed by atoms with Crippen LogP contribution in [0.4, 0.5) is 0 Å². The lowest BCUT2D eigenvalue weighted by molar-refractivity contribution is -0.146. The van der Waals surface area contributed by atoms with Gasteiger partial charge in [0.1, 0.15) is 0 Å². The molecule has 1 aliphatic heterocycles. The molecule has 0 amide bonds. The first-order valence-electron chi connectivity index (χ1n) is 5.23. The summed E-state index contributed by atoms with van der Waals surface area (Å²) in [4.78, 5) is 0. The van der Waals surface area contributed by atoms with Crippen molar-refractivity contribution in [3.63, 3.8) is 0 Å². The predicted octanol–water partition coefficient (Wildman–Crippen LogP) is 1.32. The maximum absolute atomic E-state index is 9.47. The highest BCUT2D eigenvalue weighted by Crippen LogP contribution is 2.19. The minimum absolute atomic E-state index is 0.0476. The average Bonchev–Trinajstić information content (AvgIpc) is 2.30. The summed E-state index contributed by atoms with van der Waals surface area (Å²) >= 11 is 0. The van der Waals surface area contributed by atoms with Gasteiger partial charge in [-0.05, 0) is 49.5 Å². The van der Waals surface area contributed by atoms with Crippen LogP contribution in [-0.4, -0.2) is 18.0 Å². The predicted molar refractivity (Wildman–Crippen MR) is 62.8 cm³/mol. The average molecular weight is 214 g/mol. The van der Waals surface area contributed by atoms with E-state index in [0.717, 1.165) is 12.8 Å². The zero-order valence-electron chi connectivity index (χ0n) is 9.29. The van der Waals surface area contributed by atoms with Crippen LogP contribution >= 0.6 is 0 Å². The summed E-state index contributed by atoms with van der Waals surface area (Å²) in [6.45, 7) is 2.37. The fourth-order valence-electron chi connectivity index (χ4n) is 1.36. The Morgan fingerprint density at radius 2 is 2.06 bits per heavy atom. The molecule has 16 heavy (non-hydrogen) atoms. The normalized spacial score (nSPS) is 23.4. The van der Waals surface area contributed by atoms with Crippen LogP contribution in [-0.2, 0) is 4.74 Å². The Hall–Kier alpha value is -1.66. The highest BCUT2D eigenvalue weighted by molar-refractivity contribution is 5.37. The Morgan fingerprint density at radius 3 is 2.81 bits per heavy atom. The monoisotopic (exact) mass is 214 g/mol. The lowest BCUT2D eigenvalue weighted by Gasteiger charge is -2.24. The second kappa shape index (κ2) is 7.61. The highest BCUT2D eigenvalue weighted by Gasteiger charge is 2.20. The first-order chi connectivity index (χ1) is 7.84. The first kappa shape index (κ1) is 12.4. The van der Waals surface area contributed by atoms with E-state index in [0.29, 0.717) is 6.61 Å². The van der Waals surface area contributed by atoms with E-state index in [2.05, 4.69) is 35.5 Å². The molecular weight excluding hydrogens is 200 g/mol. The Labute approximate surface area is 96.7 Å².